The number of rotatable bonds is 3. The third kappa shape index (κ3) is 3.99. The van der Waals surface area contributed by atoms with E-state index in [4.69, 9.17) is 5.53 Å². The van der Waals surface area contributed by atoms with Gasteiger partial charge < -0.3 is 0 Å². The molecule has 1 saturated heterocycles. The molecule has 0 spiro atoms. The maximum Gasteiger partial charge on any atom is 0.0398 e. The highest BCUT2D eigenvalue weighted by Gasteiger charge is 2.18. The van der Waals surface area contributed by atoms with E-state index in [0.29, 0.717) is 0 Å². The van der Waals surface area contributed by atoms with Gasteiger partial charge in [0.05, 0.1) is 0 Å². The summed E-state index contributed by atoms with van der Waals surface area (Å²) in [5.74, 6) is 0. The molecular weight excluding hydrogens is 248 g/mol. The SMILES string of the molecule is CC(C)(C)c1ccc(CN2CCC(N=[N+]=[N-])CC2)cc1. The molecule has 0 bridgehead atoms. The molecule has 0 aliphatic carbocycles. The van der Waals surface area contributed by atoms with E-state index in [1.165, 1.54) is 11.1 Å². The zero-order chi connectivity index (χ0) is 14.6. The average molecular weight is 272 g/mol. The van der Waals surface area contributed by atoms with Crippen molar-refractivity contribution >= 4 is 0 Å². The Morgan fingerprint density at radius 2 is 1.80 bits per heavy atom. The number of azide groups is 1. The summed E-state index contributed by atoms with van der Waals surface area (Å²) in [5, 5.41) is 3.82. The molecule has 20 heavy (non-hydrogen) atoms. The number of piperidine rings is 1. The Morgan fingerprint density at radius 1 is 1.20 bits per heavy atom. The number of likely N-dealkylation sites (tertiary alicyclic amines) is 1. The van der Waals surface area contributed by atoms with Crippen LogP contribution in [0.4, 0.5) is 0 Å². The highest BCUT2D eigenvalue weighted by atomic mass is 15.2. The molecule has 108 valence electrons. The molecule has 1 aromatic rings. The molecule has 0 aromatic heterocycles. The molecule has 4 nitrogen and oxygen atoms in total. The summed E-state index contributed by atoms with van der Waals surface area (Å²) in [6.45, 7) is 9.75. The van der Waals surface area contributed by atoms with Crippen LogP contribution >= 0.6 is 0 Å². The molecule has 1 fully saturated rings. The van der Waals surface area contributed by atoms with E-state index in [9.17, 15) is 0 Å². The van der Waals surface area contributed by atoms with Crippen molar-refractivity contribution < 1.29 is 0 Å². The fourth-order valence-corrected chi connectivity index (χ4v) is 2.63. The topological polar surface area (TPSA) is 52.0 Å². The van der Waals surface area contributed by atoms with Crippen LogP contribution in [0, 0.1) is 0 Å². The molecule has 0 N–H and O–H groups in total. The maximum absolute atomic E-state index is 8.46. The Labute approximate surface area is 121 Å². The Hall–Kier alpha value is -1.51. The molecule has 0 radical (unpaired) electrons. The van der Waals surface area contributed by atoms with Gasteiger partial charge in [-0.25, -0.2) is 0 Å². The molecule has 0 amide bonds. The van der Waals surface area contributed by atoms with Gasteiger partial charge in [-0.05, 0) is 48.0 Å². The second kappa shape index (κ2) is 6.29. The summed E-state index contributed by atoms with van der Waals surface area (Å²) in [6.07, 6.45) is 1.95. The molecule has 1 aliphatic rings. The van der Waals surface area contributed by atoms with Crippen molar-refractivity contribution in [2.24, 2.45) is 5.11 Å². The van der Waals surface area contributed by atoms with Gasteiger partial charge >= 0.3 is 0 Å². The van der Waals surface area contributed by atoms with Crippen LogP contribution in [0.25, 0.3) is 10.4 Å². The molecular formula is C16H24N4. The third-order valence-corrected chi connectivity index (χ3v) is 4.00. The zero-order valence-corrected chi connectivity index (χ0v) is 12.7. The lowest BCUT2D eigenvalue weighted by Gasteiger charge is -2.30. The summed E-state index contributed by atoms with van der Waals surface area (Å²) < 4.78 is 0. The molecule has 1 aliphatic heterocycles. The van der Waals surface area contributed by atoms with Crippen LogP contribution in [-0.2, 0) is 12.0 Å². The van der Waals surface area contributed by atoms with E-state index >= 15 is 0 Å². The summed E-state index contributed by atoms with van der Waals surface area (Å²) >= 11 is 0. The summed E-state index contributed by atoms with van der Waals surface area (Å²) in [5.41, 5.74) is 11.4. The van der Waals surface area contributed by atoms with E-state index in [-0.39, 0.29) is 11.5 Å². The Balaban J connectivity index is 1.90. The lowest BCUT2D eigenvalue weighted by molar-refractivity contribution is 0.205. The van der Waals surface area contributed by atoms with Crippen molar-refractivity contribution in [2.75, 3.05) is 13.1 Å². The predicted octanol–water partition coefficient (Wildman–Crippen LogP) is 4.26. The minimum atomic E-state index is 0.194. The lowest BCUT2D eigenvalue weighted by Crippen LogP contribution is -2.34. The fourth-order valence-electron chi connectivity index (χ4n) is 2.63. The number of benzene rings is 1. The number of hydrogen-bond donors (Lipinski definition) is 0. The van der Waals surface area contributed by atoms with Gasteiger partial charge in [-0.15, -0.1) is 0 Å². The van der Waals surface area contributed by atoms with Crippen LogP contribution in [0.1, 0.15) is 44.7 Å². The van der Waals surface area contributed by atoms with Gasteiger partial charge in [0, 0.05) is 17.5 Å². The standard InChI is InChI=1S/C16H24N4/c1-16(2,3)14-6-4-13(5-7-14)12-20-10-8-15(9-11-20)18-19-17/h4-7,15H,8-12H2,1-3H3. The third-order valence-electron chi connectivity index (χ3n) is 4.00. The minimum Gasteiger partial charge on any atom is -0.299 e. The second-order valence-electron chi connectivity index (χ2n) is 6.66. The molecule has 2 rings (SSSR count). The molecule has 1 aromatic carbocycles. The quantitative estimate of drug-likeness (QED) is 0.461. The van der Waals surface area contributed by atoms with Crippen molar-refractivity contribution in [1.82, 2.24) is 4.90 Å². The van der Waals surface area contributed by atoms with E-state index in [1.807, 2.05) is 0 Å². The lowest BCUT2D eigenvalue weighted by atomic mass is 9.86. The molecule has 0 atom stereocenters. The van der Waals surface area contributed by atoms with Crippen LogP contribution < -0.4 is 0 Å². The van der Waals surface area contributed by atoms with Crippen LogP contribution in [0.2, 0.25) is 0 Å². The Bertz CT molecular complexity index is 472. The highest BCUT2D eigenvalue weighted by Crippen LogP contribution is 2.23. The van der Waals surface area contributed by atoms with Crippen LogP contribution in [-0.4, -0.2) is 24.0 Å². The smallest absolute Gasteiger partial charge is 0.0398 e. The summed E-state index contributed by atoms with van der Waals surface area (Å²) in [4.78, 5) is 5.35. The second-order valence-corrected chi connectivity index (χ2v) is 6.66. The van der Waals surface area contributed by atoms with Crippen LogP contribution in [0.3, 0.4) is 0 Å². The zero-order valence-electron chi connectivity index (χ0n) is 12.7. The van der Waals surface area contributed by atoms with E-state index in [2.05, 4.69) is 60.0 Å². The molecule has 0 saturated carbocycles. The number of hydrogen-bond acceptors (Lipinski definition) is 2. The summed E-state index contributed by atoms with van der Waals surface area (Å²) in [6, 6.07) is 9.14. The van der Waals surface area contributed by atoms with Crippen LogP contribution in [0.15, 0.2) is 29.4 Å². The van der Waals surface area contributed by atoms with Gasteiger partial charge in [0.1, 0.15) is 0 Å². The van der Waals surface area contributed by atoms with Crippen molar-refractivity contribution in [3.8, 4) is 0 Å². The maximum atomic E-state index is 8.46. The van der Waals surface area contributed by atoms with Gasteiger partial charge in [-0.2, -0.15) is 0 Å². The van der Waals surface area contributed by atoms with Crippen LogP contribution in [0.5, 0.6) is 0 Å². The van der Waals surface area contributed by atoms with Gasteiger partial charge in [0.25, 0.3) is 0 Å². The Kier molecular flexibility index (Phi) is 4.69. The first-order valence-electron chi connectivity index (χ1n) is 7.35. The van der Waals surface area contributed by atoms with E-state index in [0.717, 1.165) is 32.5 Å². The molecule has 4 heteroatoms. The van der Waals surface area contributed by atoms with E-state index in [1.54, 1.807) is 0 Å². The van der Waals surface area contributed by atoms with Crippen molar-refractivity contribution in [2.45, 2.75) is 51.6 Å². The van der Waals surface area contributed by atoms with Gasteiger partial charge in [-0.1, -0.05) is 50.2 Å². The van der Waals surface area contributed by atoms with Crippen molar-refractivity contribution in [3.05, 3.63) is 45.8 Å². The highest BCUT2D eigenvalue weighted by molar-refractivity contribution is 5.27. The van der Waals surface area contributed by atoms with E-state index < -0.39 is 0 Å². The van der Waals surface area contributed by atoms with Gasteiger partial charge in [-0.3, -0.25) is 4.90 Å². The van der Waals surface area contributed by atoms with Crippen molar-refractivity contribution in [1.29, 1.82) is 0 Å². The van der Waals surface area contributed by atoms with Crippen molar-refractivity contribution in [3.63, 3.8) is 0 Å². The fraction of sp³-hybridized carbons (Fsp3) is 0.625. The first kappa shape index (κ1) is 14.9. The number of nitrogens with zero attached hydrogens (tertiary/aromatic N) is 4. The van der Waals surface area contributed by atoms with Gasteiger partial charge in [0.2, 0.25) is 0 Å². The summed E-state index contributed by atoms with van der Waals surface area (Å²) in [7, 11) is 0. The first-order valence-corrected chi connectivity index (χ1v) is 7.35. The largest absolute Gasteiger partial charge is 0.299 e. The molecule has 0 unspecified atom stereocenters. The monoisotopic (exact) mass is 272 g/mol. The van der Waals surface area contributed by atoms with Gasteiger partial charge in [0.15, 0.2) is 0 Å². The first-order chi connectivity index (χ1) is 9.49. The average Bonchev–Trinajstić information content (AvgIpc) is 2.41. The Morgan fingerprint density at radius 3 is 2.30 bits per heavy atom. The minimum absolute atomic E-state index is 0.194. The molecule has 1 heterocycles. The predicted molar refractivity (Wildman–Crippen MR) is 82.6 cm³/mol. The normalized spacial score (nSPS) is 17.8.